The van der Waals surface area contributed by atoms with Gasteiger partial charge < -0.3 is 4.74 Å². The number of hydrogen-bond donors (Lipinski definition) is 0. The Hall–Kier alpha value is -2.99. The Kier molecular flexibility index (Phi) is 5.14. The molecule has 0 saturated carbocycles. The fraction of sp³-hybridized carbons (Fsp3) is 0.158. The van der Waals surface area contributed by atoms with Crippen molar-refractivity contribution in [1.29, 1.82) is 0 Å². The van der Waals surface area contributed by atoms with E-state index in [0.29, 0.717) is 21.8 Å². The van der Waals surface area contributed by atoms with Crippen LogP contribution in [0, 0.1) is 0 Å². The van der Waals surface area contributed by atoms with Crippen LogP contribution in [0.15, 0.2) is 53.5 Å². The van der Waals surface area contributed by atoms with Crippen LogP contribution in [0.4, 0.5) is 5.69 Å². The van der Waals surface area contributed by atoms with E-state index in [9.17, 15) is 14.4 Å². The van der Waals surface area contributed by atoms with E-state index in [2.05, 4.69) is 9.73 Å². The average Bonchev–Trinajstić information content (AvgIpc) is 2.65. The molecule has 0 aromatic heterocycles. The Morgan fingerprint density at radius 3 is 2.62 bits per heavy atom. The van der Waals surface area contributed by atoms with Gasteiger partial charge in [0.05, 0.1) is 23.7 Å². The van der Waals surface area contributed by atoms with Crippen LogP contribution in [0.5, 0.6) is 0 Å². The van der Waals surface area contributed by atoms with E-state index in [1.165, 1.54) is 13.3 Å². The first-order chi connectivity index (χ1) is 12.5. The quantitative estimate of drug-likeness (QED) is 0.471. The molecule has 0 spiro atoms. The first-order valence-electron chi connectivity index (χ1n) is 7.83. The SMILES string of the molecule is COC(=O)CN=CC1C(=O)N(c2ccccc2Cl)C(=O)c2ccccc21. The summed E-state index contributed by atoms with van der Waals surface area (Å²) in [6.45, 7) is -0.206. The number of benzene rings is 2. The molecule has 0 aliphatic carbocycles. The van der Waals surface area contributed by atoms with Crippen LogP contribution >= 0.6 is 11.6 Å². The third-order valence-corrected chi connectivity index (χ3v) is 4.33. The van der Waals surface area contributed by atoms with Crippen molar-refractivity contribution in [3.63, 3.8) is 0 Å². The van der Waals surface area contributed by atoms with E-state index in [1.807, 2.05) is 0 Å². The normalized spacial score (nSPS) is 16.7. The van der Waals surface area contributed by atoms with Crippen LogP contribution in [-0.2, 0) is 14.3 Å². The van der Waals surface area contributed by atoms with Crippen molar-refractivity contribution in [1.82, 2.24) is 0 Å². The molecule has 1 heterocycles. The molecule has 132 valence electrons. The molecule has 0 fully saturated rings. The molecule has 0 bridgehead atoms. The van der Waals surface area contributed by atoms with Gasteiger partial charge in [0, 0.05) is 11.8 Å². The van der Waals surface area contributed by atoms with E-state index in [1.54, 1.807) is 48.5 Å². The summed E-state index contributed by atoms with van der Waals surface area (Å²) in [4.78, 5) is 42.2. The third-order valence-electron chi connectivity index (χ3n) is 4.01. The highest BCUT2D eigenvalue weighted by Crippen LogP contribution is 2.35. The molecule has 0 saturated heterocycles. The van der Waals surface area contributed by atoms with Crippen LogP contribution in [-0.4, -0.2) is 37.7 Å². The molecular weight excluding hydrogens is 356 g/mol. The van der Waals surface area contributed by atoms with Gasteiger partial charge in [-0.05, 0) is 23.8 Å². The Balaban J connectivity index is 2.05. The highest BCUT2D eigenvalue weighted by atomic mass is 35.5. The summed E-state index contributed by atoms with van der Waals surface area (Å²) in [5.41, 5.74) is 1.24. The predicted molar refractivity (Wildman–Crippen MR) is 97.8 cm³/mol. The molecule has 1 aliphatic heterocycles. The number of esters is 1. The van der Waals surface area contributed by atoms with Gasteiger partial charge in [0.25, 0.3) is 5.91 Å². The van der Waals surface area contributed by atoms with Gasteiger partial charge in [0.15, 0.2) is 0 Å². The van der Waals surface area contributed by atoms with Crippen LogP contribution in [0.1, 0.15) is 21.8 Å². The second-order valence-electron chi connectivity index (χ2n) is 5.56. The van der Waals surface area contributed by atoms with Gasteiger partial charge in [-0.3, -0.25) is 19.4 Å². The van der Waals surface area contributed by atoms with Gasteiger partial charge in [-0.1, -0.05) is 41.9 Å². The molecule has 26 heavy (non-hydrogen) atoms. The lowest BCUT2D eigenvalue weighted by molar-refractivity contribution is -0.138. The van der Waals surface area contributed by atoms with Crippen molar-refractivity contribution in [3.05, 3.63) is 64.7 Å². The Bertz CT molecular complexity index is 910. The number of amides is 2. The number of carbonyl (C=O) groups is 3. The average molecular weight is 371 g/mol. The number of para-hydroxylation sites is 1. The lowest BCUT2D eigenvalue weighted by Crippen LogP contribution is -2.45. The molecule has 2 aromatic rings. The van der Waals surface area contributed by atoms with Gasteiger partial charge in [-0.2, -0.15) is 0 Å². The van der Waals surface area contributed by atoms with E-state index < -0.39 is 23.7 Å². The molecule has 1 aliphatic rings. The van der Waals surface area contributed by atoms with Gasteiger partial charge in [0.1, 0.15) is 6.54 Å². The van der Waals surface area contributed by atoms with Gasteiger partial charge in [-0.15, -0.1) is 0 Å². The van der Waals surface area contributed by atoms with E-state index in [0.717, 1.165) is 4.90 Å². The molecule has 2 aromatic carbocycles. The number of anilines is 1. The molecule has 2 amide bonds. The number of ether oxygens (including phenoxy) is 1. The zero-order chi connectivity index (χ0) is 18.7. The van der Waals surface area contributed by atoms with Crippen molar-refractivity contribution < 1.29 is 19.1 Å². The summed E-state index contributed by atoms with van der Waals surface area (Å²) in [5.74, 6) is -2.24. The smallest absolute Gasteiger partial charge is 0.327 e. The standard InChI is InChI=1S/C19H15ClN2O4/c1-26-17(23)11-21-10-14-12-6-2-3-7-13(12)18(24)22(19(14)25)16-9-5-4-8-15(16)20/h2-10,14H,11H2,1H3. The highest BCUT2D eigenvalue weighted by molar-refractivity contribution is 6.37. The summed E-state index contributed by atoms with van der Waals surface area (Å²) >= 11 is 6.19. The summed E-state index contributed by atoms with van der Waals surface area (Å²) in [6.07, 6.45) is 1.37. The highest BCUT2D eigenvalue weighted by Gasteiger charge is 2.39. The fourth-order valence-corrected chi connectivity index (χ4v) is 2.98. The number of rotatable bonds is 4. The number of halogens is 1. The Morgan fingerprint density at radius 1 is 1.19 bits per heavy atom. The number of methoxy groups -OCH3 is 1. The van der Waals surface area contributed by atoms with Crippen LogP contribution in [0.3, 0.4) is 0 Å². The maximum absolute atomic E-state index is 13.0. The van der Waals surface area contributed by atoms with Crippen molar-refractivity contribution in [3.8, 4) is 0 Å². The largest absolute Gasteiger partial charge is 0.468 e. The minimum Gasteiger partial charge on any atom is -0.468 e. The van der Waals surface area contributed by atoms with Crippen LogP contribution in [0.2, 0.25) is 5.02 Å². The molecular formula is C19H15ClN2O4. The van der Waals surface area contributed by atoms with Crippen molar-refractivity contribution in [2.45, 2.75) is 5.92 Å². The van der Waals surface area contributed by atoms with Crippen molar-refractivity contribution in [2.24, 2.45) is 4.99 Å². The molecule has 3 rings (SSSR count). The summed E-state index contributed by atoms with van der Waals surface area (Å²) in [6, 6.07) is 13.4. The summed E-state index contributed by atoms with van der Waals surface area (Å²) in [5, 5.41) is 0.291. The first kappa shape index (κ1) is 17.8. The second-order valence-corrected chi connectivity index (χ2v) is 5.97. The Labute approximate surface area is 155 Å². The Morgan fingerprint density at radius 2 is 1.88 bits per heavy atom. The molecule has 1 atom stereocenters. The molecule has 7 heteroatoms. The number of carbonyl (C=O) groups excluding carboxylic acids is 3. The number of fused-ring (bicyclic) bond motifs is 1. The molecule has 0 N–H and O–H groups in total. The molecule has 0 radical (unpaired) electrons. The number of hydrogen-bond acceptors (Lipinski definition) is 5. The summed E-state index contributed by atoms with van der Waals surface area (Å²) < 4.78 is 4.54. The van der Waals surface area contributed by atoms with Crippen LogP contribution in [0.25, 0.3) is 0 Å². The number of aliphatic imine (C=N–C) groups is 1. The van der Waals surface area contributed by atoms with E-state index >= 15 is 0 Å². The first-order valence-corrected chi connectivity index (χ1v) is 8.21. The van der Waals surface area contributed by atoms with Gasteiger partial charge in [-0.25, -0.2) is 4.90 Å². The van der Waals surface area contributed by atoms with Gasteiger partial charge in [0.2, 0.25) is 5.91 Å². The van der Waals surface area contributed by atoms with E-state index in [4.69, 9.17) is 11.6 Å². The summed E-state index contributed by atoms with van der Waals surface area (Å²) in [7, 11) is 1.26. The molecule has 6 nitrogen and oxygen atoms in total. The number of nitrogens with zero attached hydrogens (tertiary/aromatic N) is 2. The molecule has 1 unspecified atom stereocenters. The van der Waals surface area contributed by atoms with Crippen molar-refractivity contribution >= 4 is 41.3 Å². The monoisotopic (exact) mass is 370 g/mol. The fourth-order valence-electron chi connectivity index (χ4n) is 2.76. The zero-order valence-corrected chi connectivity index (χ0v) is 14.6. The maximum Gasteiger partial charge on any atom is 0.327 e. The van der Waals surface area contributed by atoms with Crippen molar-refractivity contribution in [2.75, 3.05) is 18.6 Å². The predicted octanol–water partition coefficient (Wildman–Crippen LogP) is 2.85. The second kappa shape index (κ2) is 7.49. The topological polar surface area (TPSA) is 76.0 Å². The zero-order valence-electron chi connectivity index (χ0n) is 13.9. The maximum atomic E-state index is 13.0. The lowest BCUT2D eigenvalue weighted by Gasteiger charge is -2.31. The van der Waals surface area contributed by atoms with E-state index in [-0.39, 0.29) is 6.54 Å². The minimum absolute atomic E-state index is 0.206. The minimum atomic E-state index is -0.801. The van der Waals surface area contributed by atoms with Gasteiger partial charge >= 0.3 is 5.97 Å². The third kappa shape index (κ3) is 3.23. The van der Waals surface area contributed by atoms with Crippen LogP contribution < -0.4 is 4.90 Å². The lowest BCUT2D eigenvalue weighted by atomic mass is 9.89. The number of imide groups is 1.